The van der Waals surface area contributed by atoms with Crippen LogP contribution in [0.1, 0.15) is 46.7 Å². The Kier molecular flexibility index (Phi) is 5.23. The zero-order valence-electron chi connectivity index (χ0n) is 17.3. The van der Waals surface area contributed by atoms with Gasteiger partial charge in [0.1, 0.15) is 23.1 Å². The van der Waals surface area contributed by atoms with Gasteiger partial charge in [0.25, 0.3) is 5.91 Å². The largest absolute Gasteiger partial charge is 0.460 e. The van der Waals surface area contributed by atoms with Crippen molar-refractivity contribution in [2.24, 2.45) is 7.05 Å². The van der Waals surface area contributed by atoms with Crippen LogP contribution in [0.3, 0.4) is 0 Å². The van der Waals surface area contributed by atoms with Crippen molar-refractivity contribution in [3.05, 3.63) is 41.3 Å². The minimum absolute atomic E-state index is 0.0730. The van der Waals surface area contributed by atoms with E-state index in [9.17, 15) is 4.79 Å². The maximum atomic E-state index is 13.0. The number of hydrogen-bond donors (Lipinski definition) is 1. The average Bonchev–Trinajstić information content (AvgIpc) is 3.42. The topological polar surface area (TPSA) is 96.1 Å². The van der Waals surface area contributed by atoms with Gasteiger partial charge in [-0.1, -0.05) is 0 Å². The molecule has 4 rings (SSSR count). The summed E-state index contributed by atoms with van der Waals surface area (Å²) in [6.45, 7) is 3.96. The predicted molar refractivity (Wildman–Crippen MR) is 107 cm³/mol. The molecule has 0 aliphatic carbocycles. The second-order valence-electron chi connectivity index (χ2n) is 7.94. The predicted octanol–water partition coefficient (Wildman–Crippen LogP) is 2.19. The van der Waals surface area contributed by atoms with Crippen LogP contribution < -0.4 is 0 Å². The van der Waals surface area contributed by atoms with Gasteiger partial charge < -0.3 is 18.8 Å². The van der Waals surface area contributed by atoms with Crippen LogP contribution in [-0.4, -0.2) is 67.9 Å². The molecule has 0 radical (unpaired) electrons. The lowest BCUT2D eigenvalue weighted by Crippen LogP contribution is -2.40. The van der Waals surface area contributed by atoms with E-state index >= 15 is 0 Å². The Bertz CT molecular complexity index is 1000. The molecule has 1 aliphatic heterocycles. The summed E-state index contributed by atoms with van der Waals surface area (Å²) in [5.41, 5.74) is 1.11. The van der Waals surface area contributed by atoms with E-state index in [0.29, 0.717) is 23.7 Å². The van der Waals surface area contributed by atoms with Crippen LogP contribution >= 0.6 is 0 Å². The number of hydrogen-bond acceptors (Lipinski definition) is 6. The van der Waals surface area contributed by atoms with Gasteiger partial charge in [0.05, 0.1) is 6.54 Å². The Morgan fingerprint density at radius 3 is 2.90 bits per heavy atom. The molecule has 1 N–H and O–H groups in total. The summed E-state index contributed by atoms with van der Waals surface area (Å²) in [6.07, 6.45) is 1.93. The van der Waals surface area contributed by atoms with E-state index < -0.39 is 0 Å². The molecule has 0 saturated carbocycles. The number of aryl methyl sites for hydroxylation is 1. The van der Waals surface area contributed by atoms with Crippen molar-refractivity contribution < 1.29 is 9.21 Å². The summed E-state index contributed by atoms with van der Waals surface area (Å²) < 4.78 is 7.67. The zero-order valence-corrected chi connectivity index (χ0v) is 17.3. The minimum atomic E-state index is -0.0730. The van der Waals surface area contributed by atoms with E-state index in [4.69, 9.17) is 4.42 Å². The quantitative estimate of drug-likeness (QED) is 0.709. The molecule has 3 aromatic rings. The van der Waals surface area contributed by atoms with Gasteiger partial charge in [-0.15, -0.1) is 10.2 Å². The molecule has 9 heteroatoms. The van der Waals surface area contributed by atoms with Gasteiger partial charge in [-0.3, -0.25) is 9.89 Å². The molecule has 0 bridgehead atoms. The van der Waals surface area contributed by atoms with Crippen LogP contribution in [0.2, 0.25) is 0 Å². The van der Waals surface area contributed by atoms with Gasteiger partial charge >= 0.3 is 0 Å². The van der Waals surface area contributed by atoms with Crippen molar-refractivity contribution in [2.45, 2.75) is 32.2 Å². The minimum Gasteiger partial charge on any atom is -0.460 e. The van der Waals surface area contributed by atoms with Crippen LogP contribution in [0, 0.1) is 6.92 Å². The summed E-state index contributed by atoms with van der Waals surface area (Å²) in [5, 5.41) is 15.9. The summed E-state index contributed by atoms with van der Waals surface area (Å²) in [4.78, 5) is 17.0. The van der Waals surface area contributed by atoms with E-state index in [1.165, 1.54) is 0 Å². The summed E-state index contributed by atoms with van der Waals surface area (Å²) in [7, 11) is 6.02. The Morgan fingerprint density at radius 1 is 1.34 bits per heavy atom. The molecule has 29 heavy (non-hydrogen) atoms. The first kappa shape index (κ1) is 19.4. The molecule has 0 aromatic carbocycles. The SMILES string of the molecule is Cc1ccc(-c2cc(C(=O)N3CCC[C@@H](c4nnc(CN(C)C)n4C)C3)n[nH]2)o1. The highest BCUT2D eigenvalue weighted by Crippen LogP contribution is 2.27. The van der Waals surface area contributed by atoms with E-state index in [0.717, 1.165) is 43.3 Å². The van der Waals surface area contributed by atoms with Gasteiger partial charge in [0.2, 0.25) is 0 Å². The molecule has 4 heterocycles. The first-order valence-electron chi connectivity index (χ1n) is 9.86. The summed E-state index contributed by atoms with van der Waals surface area (Å²) >= 11 is 0. The van der Waals surface area contributed by atoms with Gasteiger partial charge in [-0.25, -0.2) is 0 Å². The van der Waals surface area contributed by atoms with Crippen LogP contribution in [0.4, 0.5) is 0 Å². The van der Waals surface area contributed by atoms with Crippen LogP contribution in [0.25, 0.3) is 11.5 Å². The Morgan fingerprint density at radius 2 is 2.17 bits per heavy atom. The molecule has 1 aliphatic rings. The monoisotopic (exact) mass is 397 g/mol. The van der Waals surface area contributed by atoms with Crippen molar-refractivity contribution in [1.29, 1.82) is 0 Å². The van der Waals surface area contributed by atoms with Gasteiger partial charge in [0, 0.05) is 32.1 Å². The molecule has 1 amide bonds. The first-order valence-corrected chi connectivity index (χ1v) is 9.86. The highest BCUT2D eigenvalue weighted by molar-refractivity contribution is 5.93. The number of carbonyl (C=O) groups is 1. The van der Waals surface area contributed by atoms with Crippen LogP contribution in [0.5, 0.6) is 0 Å². The lowest BCUT2D eigenvalue weighted by molar-refractivity contribution is 0.0697. The molecule has 0 unspecified atom stereocenters. The molecule has 0 spiro atoms. The standard InChI is InChI=1S/C20H27N7O2/c1-13-7-8-17(29-13)15-10-16(22-21-15)20(28)27-9-5-6-14(11-27)19-24-23-18(26(19)4)12-25(2)3/h7-8,10,14H,5-6,9,11-12H2,1-4H3,(H,21,22)/t14-/m1/s1. The third-order valence-electron chi connectivity index (χ3n) is 5.33. The number of aromatic nitrogens is 5. The summed E-state index contributed by atoms with van der Waals surface area (Å²) in [5.74, 6) is 3.47. The molecular formula is C20H27N7O2. The van der Waals surface area contributed by atoms with Gasteiger partial charge in [-0.2, -0.15) is 5.10 Å². The highest BCUT2D eigenvalue weighted by Gasteiger charge is 2.30. The molecule has 1 fully saturated rings. The van der Waals surface area contributed by atoms with E-state index in [2.05, 4.69) is 29.9 Å². The third kappa shape index (κ3) is 3.95. The fourth-order valence-electron chi connectivity index (χ4n) is 3.82. The number of nitrogens with one attached hydrogen (secondary N) is 1. The van der Waals surface area contributed by atoms with Gasteiger partial charge in [0.15, 0.2) is 11.5 Å². The fourth-order valence-corrected chi connectivity index (χ4v) is 3.82. The number of rotatable bonds is 5. The number of H-pyrrole nitrogens is 1. The maximum Gasteiger partial charge on any atom is 0.274 e. The normalized spacial score (nSPS) is 17.3. The average molecular weight is 397 g/mol. The molecule has 1 saturated heterocycles. The van der Waals surface area contributed by atoms with Crippen molar-refractivity contribution in [3.63, 3.8) is 0 Å². The number of likely N-dealkylation sites (tertiary alicyclic amines) is 1. The fraction of sp³-hybridized carbons (Fsp3) is 0.500. The van der Waals surface area contributed by atoms with E-state index in [1.54, 1.807) is 6.07 Å². The Hall–Kier alpha value is -2.94. The highest BCUT2D eigenvalue weighted by atomic mass is 16.3. The molecule has 3 aromatic heterocycles. The zero-order chi connectivity index (χ0) is 20.5. The molecule has 1 atom stereocenters. The van der Waals surface area contributed by atoms with Crippen molar-refractivity contribution in [3.8, 4) is 11.5 Å². The van der Waals surface area contributed by atoms with Crippen LogP contribution in [0.15, 0.2) is 22.6 Å². The third-order valence-corrected chi connectivity index (χ3v) is 5.33. The number of piperidine rings is 1. The maximum absolute atomic E-state index is 13.0. The van der Waals surface area contributed by atoms with Crippen molar-refractivity contribution >= 4 is 5.91 Å². The molecular weight excluding hydrogens is 370 g/mol. The second kappa shape index (κ2) is 7.82. The van der Waals surface area contributed by atoms with Crippen molar-refractivity contribution in [1.82, 2.24) is 34.8 Å². The smallest absolute Gasteiger partial charge is 0.274 e. The van der Waals surface area contributed by atoms with Crippen molar-refractivity contribution in [2.75, 3.05) is 27.2 Å². The van der Waals surface area contributed by atoms with E-state index in [1.807, 2.05) is 45.1 Å². The van der Waals surface area contributed by atoms with Crippen LogP contribution in [-0.2, 0) is 13.6 Å². The first-order chi connectivity index (χ1) is 13.9. The summed E-state index contributed by atoms with van der Waals surface area (Å²) in [6, 6.07) is 5.51. The van der Waals surface area contributed by atoms with E-state index in [-0.39, 0.29) is 11.8 Å². The number of carbonyl (C=O) groups excluding carboxylic acids is 1. The Labute approximate surface area is 169 Å². The molecule has 154 valence electrons. The number of amides is 1. The number of aromatic amines is 1. The number of nitrogens with zero attached hydrogens (tertiary/aromatic N) is 6. The number of furan rings is 1. The lowest BCUT2D eigenvalue weighted by Gasteiger charge is -2.31. The van der Waals surface area contributed by atoms with Gasteiger partial charge in [-0.05, 0) is 46.0 Å². The Balaban J connectivity index is 1.48. The lowest BCUT2D eigenvalue weighted by atomic mass is 9.97. The molecule has 9 nitrogen and oxygen atoms in total. The second-order valence-corrected chi connectivity index (χ2v) is 7.94.